The molecular formula is C18H34N2. The van der Waals surface area contributed by atoms with Crippen molar-refractivity contribution in [1.82, 2.24) is 5.43 Å². The van der Waals surface area contributed by atoms with Crippen molar-refractivity contribution >= 4 is 0 Å². The van der Waals surface area contributed by atoms with Crippen LogP contribution in [0.2, 0.25) is 0 Å². The molecule has 0 aromatic rings. The Kier molecular flexibility index (Phi) is 3.49. The summed E-state index contributed by atoms with van der Waals surface area (Å²) in [7, 11) is 0. The summed E-state index contributed by atoms with van der Waals surface area (Å²) in [4.78, 5) is 0. The van der Waals surface area contributed by atoms with Crippen LogP contribution in [0.25, 0.3) is 0 Å². The second-order valence-electron chi connectivity index (χ2n) is 9.21. The van der Waals surface area contributed by atoms with Gasteiger partial charge >= 0.3 is 0 Å². The van der Waals surface area contributed by atoms with Gasteiger partial charge in [-0.05, 0) is 66.6 Å². The van der Waals surface area contributed by atoms with Gasteiger partial charge in [0.05, 0.1) is 0 Å². The van der Waals surface area contributed by atoms with E-state index in [9.17, 15) is 0 Å². The number of nitrogens with two attached hydrogens (primary N) is 1. The molecule has 3 atom stereocenters. The van der Waals surface area contributed by atoms with E-state index in [1.807, 2.05) is 0 Å². The Bertz CT molecular complexity index is 356. The smallest absolute Gasteiger partial charge is 0.0295 e. The zero-order valence-corrected chi connectivity index (χ0v) is 14.0. The first-order valence-electron chi connectivity index (χ1n) is 8.84. The fraction of sp³-hybridized carbons (Fsp3) is 1.00. The molecule has 4 saturated carbocycles. The summed E-state index contributed by atoms with van der Waals surface area (Å²) < 4.78 is 0. The minimum Gasteiger partial charge on any atom is -0.271 e. The van der Waals surface area contributed by atoms with Crippen LogP contribution < -0.4 is 11.3 Å². The summed E-state index contributed by atoms with van der Waals surface area (Å²) in [6.07, 6.45) is 11.2. The molecule has 4 aliphatic rings. The van der Waals surface area contributed by atoms with Crippen LogP contribution in [0.15, 0.2) is 0 Å². The van der Waals surface area contributed by atoms with Crippen molar-refractivity contribution < 1.29 is 0 Å². The molecule has 0 aliphatic heterocycles. The molecule has 0 radical (unpaired) electrons. The zero-order chi connectivity index (χ0) is 14.6. The van der Waals surface area contributed by atoms with Crippen LogP contribution in [0.5, 0.6) is 0 Å². The van der Waals surface area contributed by atoms with E-state index in [1.165, 1.54) is 51.4 Å². The van der Waals surface area contributed by atoms with Crippen molar-refractivity contribution in [3.05, 3.63) is 0 Å². The summed E-state index contributed by atoms with van der Waals surface area (Å²) in [5.74, 6) is 7.79. The van der Waals surface area contributed by atoms with Gasteiger partial charge in [-0.25, -0.2) is 0 Å². The first-order valence-corrected chi connectivity index (χ1v) is 8.84. The summed E-state index contributed by atoms with van der Waals surface area (Å²) in [5.41, 5.74) is 4.96. The monoisotopic (exact) mass is 278 g/mol. The predicted molar refractivity (Wildman–Crippen MR) is 85.0 cm³/mol. The van der Waals surface area contributed by atoms with Gasteiger partial charge in [-0.3, -0.25) is 11.3 Å². The molecule has 0 saturated heterocycles. The maximum absolute atomic E-state index is 6.08. The van der Waals surface area contributed by atoms with Gasteiger partial charge in [0.2, 0.25) is 0 Å². The van der Waals surface area contributed by atoms with Crippen LogP contribution in [0.3, 0.4) is 0 Å². The van der Waals surface area contributed by atoms with Crippen molar-refractivity contribution in [3.63, 3.8) is 0 Å². The summed E-state index contributed by atoms with van der Waals surface area (Å²) in [6.45, 7) is 9.79. The number of hydrogen-bond acceptors (Lipinski definition) is 2. The SMILES string of the molecule is CCC(CC)C(NN)C12CC3CC(C)(CC(C)(C3)C1)C2. The molecule has 0 heterocycles. The fourth-order valence-corrected chi connectivity index (χ4v) is 7.46. The lowest BCUT2D eigenvalue weighted by molar-refractivity contribution is -0.164. The maximum Gasteiger partial charge on any atom is 0.0295 e. The van der Waals surface area contributed by atoms with Gasteiger partial charge in [-0.2, -0.15) is 0 Å². The average Bonchev–Trinajstić information content (AvgIpc) is 2.30. The maximum atomic E-state index is 6.08. The van der Waals surface area contributed by atoms with Crippen LogP contribution in [-0.2, 0) is 0 Å². The van der Waals surface area contributed by atoms with E-state index in [4.69, 9.17) is 5.84 Å². The Morgan fingerprint density at radius 2 is 1.55 bits per heavy atom. The molecule has 4 bridgehead atoms. The molecule has 4 rings (SSSR count). The van der Waals surface area contributed by atoms with E-state index in [0.717, 1.165) is 11.8 Å². The van der Waals surface area contributed by atoms with E-state index in [1.54, 1.807) is 0 Å². The van der Waals surface area contributed by atoms with Crippen molar-refractivity contribution in [3.8, 4) is 0 Å². The zero-order valence-electron chi connectivity index (χ0n) is 14.0. The standard InChI is InChI=1S/C18H34N2/c1-5-14(6-2)15(20-19)18-9-13-7-16(3,11-18)10-17(4,8-13)12-18/h13-15,20H,5-12,19H2,1-4H3. The molecule has 2 nitrogen and oxygen atoms in total. The van der Waals surface area contributed by atoms with Gasteiger partial charge in [-0.15, -0.1) is 0 Å². The molecule has 0 amide bonds. The Morgan fingerprint density at radius 3 is 1.95 bits per heavy atom. The minimum atomic E-state index is 0.481. The lowest BCUT2D eigenvalue weighted by Crippen LogP contribution is -2.64. The highest BCUT2D eigenvalue weighted by Gasteiger charge is 2.62. The van der Waals surface area contributed by atoms with Crippen LogP contribution in [0.4, 0.5) is 0 Å². The van der Waals surface area contributed by atoms with Gasteiger partial charge in [0.15, 0.2) is 0 Å². The minimum absolute atomic E-state index is 0.481. The van der Waals surface area contributed by atoms with Crippen LogP contribution in [0, 0.1) is 28.1 Å². The van der Waals surface area contributed by atoms with E-state index in [-0.39, 0.29) is 0 Å². The van der Waals surface area contributed by atoms with Crippen molar-refractivity contribution in [1.29, 1.82) is 0 Å². The van der Waals surface area contributed by atoms with Gasteiger partial charge < -0.3 is 0 Å². The van der Waals surface area contributed by atoms with Gasteiger partial charge in [0, 0.05) is 6.04 Å². The molecule has 3 N–H and O–H groups in total. The van der Waals surface area contributed by atoms with E-state index in [2.05, 4.69) is 33.1 Å². The largest absolute Gasteiger partial charge is 0.271 e. The predicted octanol–water partition coefficient (Wildman–Crippen LogP) is 4.25. The number of rotatable bonds is 5. The lowest BCUT2D eigenvalue weighted by atomic mass is 9.38. The fourth-order valence-electron chi connectivity index (χ4n) is 7.46. The highest BCUT2D eigenvalue weighted by atomic mass is 15.2. The van der Waals surface area contributed by atoms with Crippen LogP contribution in [-0.4, -0.2) is 6.04 Å². The molecule has 2 heteroatoms. The molecule has 0 aromatic heterocycles. The van der Waals surface area contributed by atoms with E-state index >= 15 is 0 Å². The molecule has 4 aliphatic carbocycles. The molecule has 20 heavy (non-hydrogen) atoms. The lowest BCUT2D eigenvalue weighted by Gasteiger charge is -2.67. The van der Waals surface area contributed by atoms with E-state index in [0.29, 0.717) is 22.3 Å². The molecular weight excluding hydrogens is 244 g/mol. The average molecular weight is 278 g/mol. The number of nitrogens with one attached hydrogen (secondary N) is 1. The Hall–Kier alpha value is -0.0800. The molecule has 0 aromatic carbocycles. The highest BCUT2D eigenvalue weighted by Crippen LogP contribution is 2.70. The second kappa shape index (κ2) is 4.71. The highest BCUT2D eigenvalue weighted by molar-refractivity contribution is 5.13. The van der Waals surface area contributed by atoms with Crippen molar-refractivity contribution in [2.45, 2.75) is 85.1 Å². The van der Waals surface area contributed by atoms with Gasteiger partial charge in [-0.1, -0.05) is 40.5 Å². The van der Waals surface area contributed by atoms with Gasteiger partial charge in [0.1, 0.15) is 0 Å². The quantitative estimate of drug-likeness (QED) is 0.583. The summed E-state index contributed by atoms with van der Waals surface area (Å²) in [5, 5.41) is 0. The molecule has 116 valence electrons. The van der Waals surface area contributed by atoms with Crippen molar-refractivity contribution in [2.75, 3.05) is 0 Å². The van der Waals surface area contributed by atoms with Crippen LogP contribution >= 0.6 is 0 Å². The number of hydrogen-bond donors (Lipinski definition) is 2. The second-order valence-corrected chi connectivity index (χ2v) is 9.21. The third-order valence-electron chi connectivity index (χ3n) is 7.03. The topological polar surface area (TPSA) is 38.0 Å². The number of hydrazine groups is 1. The Morgan fingerprint density at radius 1 is 1.00 bits per heavy atom. The molecule has 4 fully saturated rings. The van der Waals surface area contributed by atoms with Gasteiger partial charge in [0.25, 0.3) is 0 Å². The van der Waals surface area contributed by atoms with Crippen LogP contribution in [0.1, 0.15) is 79.1 Å². The summed E-state index contributed by atoms with van der Waals surface area (Å²) >= 11 is 0. The third-order valence-corrected chi connectivity index (χ3v) is 7.03. The third kappa shape index (κ3) is 2.14. The Labute approximate surface area is 125 Å². The first kappa shape index (κ1) is 14.8. The molecule has 0 spiro atoms. The normalized spacial score (nSPS) is 48.0. The van der Waals surface area contributed by atoms with E-state index < -0.39 is 0 Å². The Balaban J connectivity index is 1.94. The summed E-state index contributed by atoms with van der Waals surface area (Å²) in [6, 6.07) is 0.527. The molecule has 3 unspecified atom stereocenters. The van der Waals surface area contributed by atoms with Crippen molar-refractivity contribution in [2.24, 2.45) is 33.9 Å². The first-order chi connectivity index (χ1) is 9.37.